The molecule has 0 amide bonds. The van der Waals surface area contributed by atoms with Crippen LogP contribution in [0.4, 0.5) is 0 Å². The smallest absolute Gasteiger partial charge is 0.193 e. The average Bonchev–Trinajstić information content (AvgIpc) is 3.74. The van der Waals surface area contributed by atoms with Gasteiger partial charge in [-0.2, -0.15) is 0 Å². The zero-order valence-corrected chi connectivity index (χ0v) is 36.6. The van der Waals surface area contributed by atoms with Gasteiger partial charge in [0, 0.05) is 101 Å². The summed E-state index contributed by atoms with van der Waals surface area (Å²) in [5, 5.41) is 3.95. The summed E-state index contributed by atoms with van der Waals surface area (Å²) >= 11 is 0. The summed E-state index contributed by atoms with van der Waals surface area (Å²) in [7, 11) is 3.57. The number of ketones is 4. The van der Waals surface area contributed by atoms with Crippen LogP contribution in [-0.2, 0) is 19.5 Å². The Hall–Kier alpha value is -5.70. The highest BCUT2D eigenvalue weighted by atomic mass is 33.1. The highest BCUT2D eigenvalue weighted by molar-refractivity contribution is 8.76. The van der Waals surface area contributed by atoms with E-state index in [0.29, 0.717) is 33.4 Å². The van der Waals surface area contributed by atoms with Gasteiger partial charge in [-0.3, -0.25) is 19.2 Å². The molecule has 2 heterocycles. The van der Waals surface area contributed by atoms with E-state index >= 15 is 0 Å². The maximum Gasteiger partial charge on any atom is 0.193 e. The molecule has 6 aromatic carbocycles. The highest BCUT2D eigenvalue weighted by Crippen LogP contribution is 2.36. The van der Waals surface area contributed by atoms with E-state index in [1.165, 1.54) is 5.56 Å². The van der Waals surface area contributed by atoms with Crippen LogP contribution in [0.1, 0.15) is 110 Å². The lowest BCUT2D eigenvalue weighted by molar-refractivity contribution is 0.100. The Morgan fingerprint density at radius 2 is 0.933 bits per heavy atom. The molecule has 302 valence electrons. The average molecular weight is 829 g/mol. The van der Waals surface area contributed by atoms with Gasteiger partial charge in [0.15, 0.2) is 23.1 Å². The van der Waals surface area contributed by atoms with Crippen LogP contribution < -0.4 is 0 Å². The zero-order chi connectivity index (χ0) is 42.2. The fraction of sp³-hybridized carbons (Fsp3) is 0.231. The van der Waals surface area contributed by atoms with Gasteiger partial charge >= 0.3 is 0 Å². The Balaban J connectivity index is 0.863. The van der Waals surface area contributed by atoms with Crippen molar-refractivity contribution in [2.24, 2.45) is 0 Å². The SMILES string of the molecule is CCn1c2ccc(C(C)=O)cc2c2cc(C(=O)c3ccc(CCCCSSc4ccc(C(=O)c5ccc6c(c5)c5cc(C(C)=O)ccc5n6CC)c(C)c4)cc3C)ccc21. The Morgan fingerprint density at radius 3 is 1.37 bits per heavy atom. The Morgan fingerprint density at radius 1 is 0.500 bits per heavy atom. The van der Waals surface area contributed by atoms with E-state index in [-0.39, 0.29) is 23.1 Å². The van der Waals surface area contributed by atoms with Crippen LogP contribution in [0.3, 0.4) is 0 Å². The number of aromatic nitrogens is 2. The van der Waals surface area contributed by atoms with E-state index in [2.05, 4.69) is 41.2 Å². The fourth-order valence-corrected chi connectivity index (χ4v) is 10.8. The van der Waals surface area contributed by atoms with Crippen LogP contribution >= 0.6 is 21.6 Å². The molecule has 6 nitrogen and oxygen atoms in total. The monoisotopic (exact) mass is 828 g/mol. The molecule has 8 rings (SSSR count). The number of aryl methyl sites for hydroxylation is 5. The summed E-state index contributed by atoms with van der Waals surface area (Å²) in [4.78, 5) is 53.1. The first kappa shape index (κ1) is 41.1. The summed E-state index contributed by atoms with van der Waals surface area (Å²) < 4.78 is 4.45. The molecule has 60 heavy (non-hydrogen) atoms. The lowest BCUT2D eigenvalue weighted by atomic mass is 9.95. The van der Waals surface area contributed by atoms with Crippen molar-refractivity contribution in [2.75, 3.05) is 5.75 Å². The first-order valence-electron chi connectivity index (χ1n) is 20.7. The molecule has 0 N–H and O–H groups in total. The highest BCUT2D eigenvalue weighted by Gasteiger charge is 2.19. The number of Topliss-reactive ketones (excluding diaryl/α,β-unsaturated/α-hetero) is 2. The van der Waals surface area contributed by atoms with Gasteiger partial charge in [0.1, 0.15) is 0 Å². The number of rotatable bonds is 15. The van der Waals surface area contributed by atoms with Gasteiger partial charge in [-0.25, -0.2) is 0 Å². The van der Waals surface area contributed by atoms with Crippen molar-refractivity contribution in [3.8, 4) is 0 Å². The minimum absolute atomic E-state index is 0.00473. The number of hydrogen-bond donors (Lipinski definition) is 0. The van der Waals surface area contributed by atoms with Gasteiger partial charge < -0.3 is 9.13 Å². The van der Waals surface area contributed by atoms with Gasteiger partial charge in [-0.05, 0) is 168 Å². The minimum Gasteiger partial charge on any atom is -0.341 e. The topological polar surface area (TPSA) is 78.1 Å². The molecule has 0 aliphatic carbocycles. The van der Waals surface area contributed by atoms with Crippen molar-refractivity contribution in [3.63, 3.8) is 0 Å². The molecule has 8 heteroatoms. The number of carbonyl (C=O) groups excluding carboxylic acids is 4. The fourth-order valence-electron chi connectivity index (χ4n) is 8.60. The number of hydrogen-bond acceptors (Lipinski definition) is 6. The minimum atomic E-state index is -0.00525. The lowest BCUT2D eigenvalue weighted by Gasteiger charge is -2.10. The second-order valence-electron chi connectivity index (χ2n) is 15.7. The largest absolute Gasteiger partial charge is 0.341 e. The van der Waals surface area contributed by atoms with Crippen LogP contribution in [-0.4, -0.2) is 38.0 Å². The molecule has 0 aliphatic heterocycles. The van der Waals surface area contributed by atoms with Crippen LogP contribution in [0.5, 0.6) is 0 Å². The molecule has 0 radical (unpaired) electrons. The third-order valence-corrected chi connectivity index (χ3v) is 14.2. The van der Waals surface area contributed by atoms with Crippen molar-refractivity contribution in [1.82, 2.24) is 9.13 Å². The molecule has 0 atom stereocenters. The van der Waals surface area contributed by atoms with Crippen LogP contribution in [0, 0.1) is 13.8 Å². The zero-order valence-electron chi connectivity index (χ0n) is 35.0. The molecule has 8 aromatic rings. The number of nitrogens with zero attached hydrogens (tertiary/aromatic N) is 2. The quantitative estimate of drug-likeness (QED) is 0.0582. The van der Waals surface area contributed by atoms with Crippen molar-refractivity contribution >= 4 is 88.3 Å². The molecular formula is C52H48N2O4S2. The third-order valence-electron chi connectivity index (χ3n) is 11.8. The second kappa shape index (κ2) is 17.1. The van der Waals surface area contributed by atoms with E-state index in [1.807, 2.05) is 116 Å². The van der Waals surface area contributed by atoms with Gasteiger partial charge in [0.05, 0.1) is 0 Å². The van der Waals surface area contributed by atoms with E-state index in [4.69, 9.17) is 0 Å². The molecule has 0 unspecified atom stereocenters. The molecule has 0 bridgehead atoms. The van der Waals surface area contributed by atoms with Crippen molar-refractivity contribution < 1.29 is 19.2 Å². The number of fused-ring (bicyclic) bond motifs is 6. The van der Waals surface area contributed by atoms with Crippen molar-refractivity contribution in [2.45, 2.75) is 78.8 Å². The Labute approximate surface area is 358 Å². The molecule has 0 saturated carbocycles. The summed E-state index contributed by atoms with van der Waals surface area (Å²) in [5.41, 5.74) is 11.4. The predicted molar refractivity (Wildman–Crippen MR) is 251 cm³/mol. The molecule has 0 saturated heterocycles. The number of unbranched alkanes of at least 4 members (excludes halogenated alkanes) is 1. The first-order valence-corrected chi connectivity index (χ1v) is 23.0. The molecule has 2 aromatic heterocycles. The first-order chi connectivity index (χ1) is 29.0. The van der Waals surface area contributed by atoms with E-state index in [0.717, 1.165) is 97.7 Å². The maximum atomic E-state index is 13.8. The van der Waals surface area contributed by atoms with E-state index < -0.39 is 0 Å². The maximum absolute atomic E-state index is 13.8. The molecular weight excluding hydrogens is 781 g/mol. The predicted octanol–water partition coefficient (Wildman–Crippen LogP) is 13.2. The van der Waals surface area contributed by atoms with E-state index in [1.54, 1.807) is 24.6 Å². The summed E-state index contributed by atoms with van der Waals surface area (Å²) in [6.45, 7) is 13.0. The normalized spacial score (nSPS) is 11.6. The summed E-state index contributed by atoms with van der Waals surface area (Å²) in [6, 6.07) is 35.8. The Bertz CT molecular complexity index is 2840. The molecule has 0 aliphatic rings. The van der Waals surface area contributed by atoms with Crippen LogP contribution in [0.25, 0.3) is 43.6 Å². The molecule has 0 spiro atoms. The van der Waals surface area contributed by atoms with Crippen molar-refractivity contribution in [1.29, 1.82) is 0 Å². The second-order valence-corrected chi connectivity index (χ2v) is 18.2. The van der Waals surface area contributed by atoms with Crippen LogP contribution in [0.15, 0.2) is 114 Å². The Kier molecular flexibility index (Phi) is 11.7. The number of carbonyl (C=O) groups is 4. The van der Waals surface area contributed by atoms with Gasteiger partial charge in [0.25, 0.3) is 0 Å². The van der Waals surface area contributed by atoms with Gasteiger partial charge in [0.2, 0.25) is 0 Å². The standard InChI is InChI=1S/C52H48N2O4S2/c1-7-53-47-20-13-36(33(5)55)27-43(47)45-29-38(15-22-49(45)53)51(57)41-18-12-35(25-31(41)3)11-9-10-24-59-60-40-17-19-42(32(4)26-40)52(58)39-16-23-50-46(30-39)44-28-37(34(6)56)14-21-48(44)54(50)8-2/h12-23,25-30H,7-11,24H2,1-6H3. The number of benzene rings is 6. The van der Waals surface area contributed by atoms with Gasteiger partial charge in [-0.15, -0.1) is 0 Å². The molecule has 0 fully saturated rings. The lowest BCUT2D eigenvalue weighted by Crippen LogP contribution is -2.04. The third kappa shape index (κ3) is 7.75. The van der Waals surface area contributed by atoms with E-state index in [9.17, 15) is 19.2 Å². The summed E-state index contributed by atoms with van der Waals surface area (Å²) in [5.74, 6) is 1.05. The summed E-state index contributed by atoms with van der Waals surface area (Å²) in [6.07, 6.45) is 3.05. The van der Waals surface area contributed by atoms with Gasteiger partial charge in [-0.1, -0.05) is 39.8 Å². The van der Waals surface area contributed by atoms with Crippen LogP contribution in [0.2, 0.25) is 0 Å². The van der Waals surface area contributed by atoms with Crippen molar-refractivity contribution in [3.05, 3.63) is 159 Å².